The van der Waals surface area contributed by atoms with Crippen LogP contribution in [0.5, 0.6) is 0 Å². The molecule has 0 spiro atoms. The van der Waals surface area contributed by atoms with Gasteiger partial charge in [0.15, 0.2) is 0 Å². The topological polar surface area (TPSA) is 115 Å². The lowest BCUT2D eigenvalue weighted by molar-refractivity contribution is 0.0560. The zero-order valence-corrected chi connectivity index (χ0v) is 8.32. The van der Waals surface area contributed by atoms with E-state index in [0.29, 0.717) is 12.8 Å². The predicted octanol–water partition coefficient (Wildman–Crippen LogP) is -1.68. The molecule has 0 radical (unpaired) electrons. The Balaban J connectivity index is 2.09. The Bertz CT molecular complexity index is 484. The Labute approximate surface area is 89.5 Å². The summed E-state index contributed by atoms with van der Waals surface area (Å²) in [5.74, 6) is -0.514. The van der Waals surface area contributed by atoms with Gasteiger partial charge in [-0.15, -0.1) is 0 Å². The number of amides is 1. The number of hydrogen-bond acceptors (Lipinski definition) is 4. The van der Waals surface area contributed by atoms with Crippen LogP contribution in [-0.2, 0) is 0 Å². The summed E-state index contributed by atoms with van der Waals surface area (Å²) in [6.45, 7) is 0. The van der Waals surface area contributed by atoms with Crippen LogP contribution in [0.15, 0.2) is 15.7 Å². The number of carbonyl (C=O) groups is 1. The highest BCUT2D eigenvalue weighted by Crippen LogP contribution is 2.19. The van der Waals surface area contributed by atoms with Crippen molar-refractivity contribution < 1.29 is 9.90 Å². The normalized spacial score (nSPS) is 23.6. The molecule has 0 saturated heterocycles. The fraction of sp³-hybridized carbons (Fsp3) is 0.444. The van der Waals surface area contributed by atoms with Gasteiger partial charge in [0, 0.05) is 12.1 Å². The second kappa shape index (κ2) is 3.93. The first-order valence-corrected chi connectivity index (χ1v) is 4.87. The lowest BCUT2D eigenvalue weighted by Crippen LogP contribution is -2.47. The van der Waals surface area contributed by atoms with Gasteiger partial charge in [-0.25, -0.2) is 4.79 Å². The average molecular weight is 225 g/mol. The molecular formula is C9H11N3O4. The van der Waals surface area contributed by atoms with Crippen LogP contribution in [0.2, 0.25) is 0 Å². The molecule has 16 heavy (non-hydrogen) atoms. The number of carbonyl (C=O) groups excluding carboxylic acids is 1. The molecule has 1 aliphatic carbocycles. The third kappa shape index (κ3) is 2.19. The van der Waals surface area contributed by atoms with Crippen LogP contribution in [0.1, 0.15) is 23.3 Å². The van der Waals surface area contributed by atoms with E-state index in [2.05, 4.69) is 10.3 Å². The summed E-state index contributed by atoms with van der Waals surface area (Å²) >= 11 is 0. The van der Waals surface area contributed by atoms with Crippen molar-refractivity contribution in [3.63, 3.8) is 0 Å². The van der Waals surface area contributed by atoms with Crippen LogP contribution < -0.4 is 16.6 Å². The maximum atomic E-state index is 11.5. The molecule has 2 rings (SSSR count). The van der Waals surface area contributed by atoms with Gasteiger partial charge < -0.3 is 15.4 Å². The van der Waals surface area contributed by atoms with Crippen LogP contribution in [-0.4, -0.2) is 33.1 Å². The second-order valence-electron chi connectivity index (χ2n) is 3.80. The van der Waals surface area contributed by atoms with E-state index in [4.69, 9.17) is 5.11 Å². The van der Waals surface area contributed by atoms with Gasteiger partial charge in [-0.05, 0) is 12.8 Å². The maximum Gasteiger partial charge on any atom is 0.326 e. The standard InChI is InChI=1S/C9H11N3O4/c13-5-1-4(2-5)10-8(15)6-3-7(14)12-9(16)11-6/h3-5,13H,1-2H2,(H,10,15)(H2,11,12,14,16). The van der Waals surface area contributed by atoms with Crippen molar-refractivity contribution in [2.45, 2.75) is 25.0 Å². The van der Waals surface area contributed by atoms with Crippen molar-refractivity contribution in [3.05, 3.63) is 32.6 Å². The highest BCUT2D eigenvalue weighted by molar-refractivity contribution is 5.92. The number of hydrogen-bond donors (Lipinski definition) is 4. The molecule has 0 aromatic carbocycles. The van der Waals surface area contributed by atoms with Crippen molar-refractivity contribution >= 4 is 5.91 Å². The molecule has 7 heteroatoms. The number of nitrogens with one attached hydrogen (secondary N) is 3. The summed E-state index contributed by atoms with van der Waals surface area (Å²) in [6, 6.07) is 0.927. The van der Waals surface area contributed by atoms with E-state index in [-0.39, 0.29) is 17.8 Å². The van der Waals surface area contributed by atoms with Gasteiger partial charge in [-0.1, -0.05) is 0 Å². The summed E-state index contributed by atoms with van der Waals surface area (Å²) < 4.78 is 0. The molecule has 1 amide bonds. The Kier molecular flexibility index (Phi) is 2.61. The van der Waals surface area contributed by atoms with Gasteiger partial charge in [-0.2, -0.15) is 0 Å². The quantitative estimate of drug-likeness (QED) is 0.481. The van der Waals surface area contributed by atoms with Gasteiger partial charge in [0.25, 0.3) is 11.5 Å². The first-order valence-electron chi connectivity index (χ1n) is 4.87. The SMILES string of the molecule is O=C(NC1CC(O)C1)c1cc(=O)[nH]c(=O)[nH]1. The predicted molar refractivity (Wildman–Crippen MR) is 54.2 cm³/mol. The van der Waals surface area contributed by atoms with Crippen LogP contribution in [0, 0.1) is 0 Å². The zero-order chi connectivity index (χ0) is 11.7. The minimum absolute atomic E-state index is 0.0739. The van der Waals surface area contributed by atoms with Gasteiger partial charge in [-0.3, -0.25) is 14.6 Å². The maximum absolute atomic E-state index is 11.5. The molecule has 86 valence electrons. The zero-order valence-electron chi connectivity index (χ0n) is 8.32. The van der Waals surface area contributed by atoms with Gasteiger partial charge in [0.2, 0.25) is 0 Å². The molecule has 0 bridgehead atoms. The van der Waals surface area contributed by atoms with Gasteiger partial charge >= 0.3 is 5.69 Å². The summed E-state index contributed by atoms with van der Waals surface area (Å²) in [5, 5.41) is 11.6. The Morgan fingerprint density at radius 1 is 1.38 bits per heavy atom. The molecule has 1 aromatic heterocycles. The number of aliphatic hydroxyl groups is 1. The Morgan fingerprint density at radius 2 is 2.06 bits per heavy atom. The monoisotopic (exact) mass is 225 g/mol. The van der Waals surface area contributed by atoms with Crippen LogP contribution in [0.3, 0.4) is 0 Å². The third-order valence-electron chi connectivity index (χ3n) is 2.45. The van der Waals surface area contributed by atoms with Crippen LogP contribution in [0.25, 0.3) is 0 Å². The molecule has 0 atom stereocenters. The van der Waals surface area contributed by atoms with E-state index >= 15 is 0 Å². The summed E-state index contributed by atoms with van der Waals surface area (Å²) in [4.78, 5) is 37.6. The molecule has 1 saturated carbocycles. The molecule has 1 aromatic rings. The highest BCUT2D eigenvalue weighted by atomic mass is 16.3. The average Bonchev–Trinajstić information content (AvgIpc) is 2.13. The van der Waals surface area contributed by atoms with E-state index in [1.807, 2.05) is 4.98 Å². The Hall–Kier alpha value is -1.89. The molecule has 0 aliphatic heterocycles. The van der Waals surface area contributed by atoms with Gasteiger partial charge in [0.05, 0.1) is 6.10 Å². The number of H-pyrrole nitrogens is 2. The number of aliphatic hydroxyl groups excluding tert-OH is 1. The van der Waals surface area contributed by atoms with E-state index in [1.54, 1.807) is 0 Å². The number of aromatic amines is 2. The van der Waals surface area contributed by atoms with Crippen molar-refractivity contribution in [1.82, 2.24) is 15.3 Å². The Morgan fingerprint density at radius 3 is 2.62 bits per heavy atom. The van der Waals surface area contributed by atoms with E-state index in [9.17, 15) is 14.4 Å². The van der Waals surface area contributed by atoms with E-state index in [0.717, 1.165) is 6.07 Å². The van der Waals surface area contributed by atoms with Crippen LogP contribution >= 0.6 is 0 Å². The highest BCUT2D eigenvalue weighted by Gasteiger charge is 2.28. The van der Waals surface area contributed by atoms with Crippen LogP contribution in [0.4, 0.5) is 0 Å². The van der Waals surface area contributed by atoms with Crippen molar-refractivity contribution in [1.29, 1.82) is 0 Å². The first-order chi connectivity index (χ1) is 7.54. The smallest absolute Gasteiger partial charge is 0.326 e. The molecule has 0 unspecified atom stereocenters. The fourth-order valence-corrected chi connectivity index (χ4v) is 1.56. The molecule has 1 heterocycles. The number of rotatable bonds is 2. The van der Waals surface area contributed by atoms with Crippen molar-refractivity contribution in [3.8, 4) is 0 Å². The lowest BCUT2D eigenvalue weighted by Gasteiger charge is -2.31. The first kappa shape index (κ1) is 10.6. The molecule has 1 aliphatic rings. The number of aromatic nitrogens is 2. The lowest BCUT2D eigenvalue weighted by atomic mass is 9.89. The molecular weight excluding hydrogens is 214 g/mol. The van der Waals surface area contributed by atoms with E-state index in [1.165, 1.54) is 0 Å². The minimum atomic E-state index is -0.716. The van der Waals surface area contributed by atoms with Gasteiger partial charge in [0.1, 0.15) is 5.69 Å². The third-order valence-corrected chi connectivity index (χ3v) is 2.45. The van der Waals surface area contributed by atoms with Crippen molar-refractivity contribution in [2.75, 3.05) is 0 Å². The molecule has 1 fully saturated rings. The van der Waals surface area contributed by atoms with Crippen molar-refractivity contribution in [2.24, 2.45) is 0 Å². The summed E-state index contributed by atoms with van der Waals surface area (Å²) in [5.41, 5.74) is -1.41. The molecule has 7 nitrogen and oxygen atoms in total. The molecule has 4 N–H and O–H groups in total. The van der Waals surface area contributed by atoms with E-state index < -0.39 is 17.2 Å². The summed E-state index contributed by atoms with van der Waals surface area (Å²) in [7, 11) is 0. The fourth-order valence-electron chi connectivity index (χ4n) is 1.56. The largest absolute Gasteiger partial charge is 0.393 e. The minimum Gasteiger partial charge on any atom is -0.393 e. The second-order valence-corrected chi connectivity index (χ2v) is 3.80. The summed E-state index contributed by atoms with van der Waals surface area (Å²) in [6.07, 6.45) is 0.627.